The van der Waals surface area contributed by atoms with Crippen LogP contribution in [0.4, 0.5) is 5.69 Å². The lowest BCUT2D eigenvalue weighted by Gasteiger charge is -2.11. The number of carbonyl (C=O) groups excluding carboxylic acids is 1. The van der Waals surface area contributed by atoms with E-state index in [1.807, 2.05) is 61.5 Å². The Kier molecular flexibility index (Phi) is 5.20. The fourth-order valence-electron chi connectivity index (χ4n) is 3.63. The molecular weight excluding hydrogens is 444 g/mol. The monoisotopic (exact) mass is 460 g/mol. The molecule has 0 saturated heterocycles. The Morgan fingerprint density at radius 2 is 1.81 bits per heavy atom. The number of amides is 1. The summed E-state index contributed by atoms with van der Waals surface area (Å²) in [6, 6.07) is 20.7. The average molecular weight is 461 g/mol. The van der Waals surface area contributed by atoms with Crippen LogP contribution in [0.5, 0.6) is 0 Å². The number of anilines is 1. The number of carbonyl (C=O) groups is 1. The first-order valence-electron chi connectivity index (χ1n) is 9.91. The van der Waals surface area contributed by atoms with E-state index in [4.69, 9.17) is 11.6 Å². The van der Waals surface area contributed by atoms with Crippen molar-refractivity contribution in [1.82, 2.24) is 14.8 Å². The Morgan fingerprint density at radius 1 is 1.06 bits per heavy atom. The highest BCUT2D eigenvalue weighted by Crippen LogP contribution is 2.30. The molecule has 2 heterocycles. The van der Waals surface area contributed by atoms with Gasteiger partial charge in [-0.25, -0.2) is 9.67 Å². The number of rotatable bonds is 4. The van der Waals surface area contributed by atoms with Crippen molar-refractivity contribution in [2.75, 3.05) is 5.32 Å². The quantitative estimate of drug-likeness (QED) is 0.396. The van der Waals surface area contributed by atoms with E-state index in [0.29, 0.717) is 26.6 Å². The molecule has 0 radical (unpaired) electrons. The Labute approximate surface area is 192 Å². The standard InChI is InChI=1S/C24H17ClN4O2S/c1-14-26-22-23(32-14)21(16-9-11-17(25)12-10-16)28-29(24(22)31)13-20(30)27-19-8-4-6-15-5-2-3-7-18(15)19/h2-12H,13H2,1H3,(H,27,30). The van der Waals surface area contributed by atoms with Gasteiger partial charge in [0.05, 0.1) is 9.71 Å². The molecule has 1 amide bonds. The Morgan fingerprint density at radius 3 is 2.62 bits per heavy atom. The highest BCUT2D eigenvalue weighted by molar-refractivity contribution is 7.19. The molecule has 0 unspecified atom stereocenters. The fourth-order valence-corrected chi connectivity index (χ4v) is 4.67. The van der Waals surface area contributed by atoms with E-state index in [1.165, 1.54) is 16.0 Å². The molecule has 3 aromatic carbocycles. The van der Waals surface area contributed by atoms with E-state index >= 15 is 0 Å². The SMILES string of the molecule is Cc1nc2c(=O)n(CC(=O)Nc3cccc4ccccc34)nc(-c3ccc(Cl)cc3)c2s1. The second kappa shape index (κ2) is 8.18. The third-order valence-electron chi connectivity index (χ3n) is 5.08. The number of nitrogens with zero attached hydrogens (tertiary/aromatic N) is 3. The summed E-state index contributed by atoms with van der Waals surface area (Å²) >= 11 is 7.43. The van der Waals surface area contributed by atoms with E-state index in [-0.39, 0.29) is 12.5 Å². The minimum Gasteiger partial charge on any atom is -0.324 e. The lowest BCUT2D eigenvalue weighted by atomic mass is 10.1. The summed E-state index contributed by atoms with van der Waals surface area (Å²) in [5.74, 6) is -0.343. The molecule has 5 rings (SSSR count). The Hall–Kier alpha value is -3.55. The van der Waals surface area contributed by atoms with Crippen molar-refractivity contribution in [3.8, 4) is 11.3 Å². The maximum absolute atomic E-state index is 13.0. The molecule has 32 heavy (non-hydrogen) atoms. The topological polar surface area (TPSA) is 76.9 Å². The van der Waals surface area contributed by atoms with E-state index in [1.54, 1.807) is 12.1 Å². The lowest BCUT2D eigenvalue weighted by molar-refractivity contribution is -0.117. The predicted molar refractivity (Wildman–Crippen MR) is 129 cm³/mol. The van der Waals surface area contributed by atoms with Crippen LogP contribution < -0.4 is 10.9 Å². The van der Waals surface area contributed by atoms with Gasteiger partial charge >= 0.3 is 0 Å². The number of aryl methyl sites for hydroxylation is 1. The Balaban J connectivity index is 1.54. The number of nitrogens with one attached hydrogen (secondary N) is 1. The molecule has 0 saturated carbocycles. The molecule has 2 aromatic heterocycles. The molecule has 0 aliphatic heterocycles. The maximum atomic E-state index is 13.0. The normalized spacial score (nSPS) is 11.2. The van der Waals surface area contributed by atoms with Crippen LogP contribution in [0.1, 0.15) is 5.01 Å². The van der Waals surface area contributed by atoms with Gasteiger partial charge in [-0.05, 0) is 30.5 Å². The number of thiazole rings is 1. The number of hydrogen-bond acceptors (Lipinski definition) is 5. The second-order valence-electron chi connectivity index (χ2n) is 7.30. The second-order valence-corrected chi connectivity index (χ2v) is 8.94. The third kappa shape index (κ3) is 3.77. The summed E-state index contributed by atoms with van der Waals surface area (Å²) in [5, 5.41) is 10.7. The summed E-state index contributed by atoms with van der Waals surface area (Å²) in [7, 11) is 0. The Bertz CT molecular complexity index is 1530. The smallest absolute Gasteiger partial charge is 0.294 e. The zero-order valence-electron chi connectivity index (χ0n) is 17.0. The molecule has 0 aliphatic rings. The van der Waals surface area contributed by atoms with Crippen molar-refractivity contribution in [1.29, 1.82) is 0 Å². The van der Waals surface area contributed by atoms with Crippen LogP contribution in [-0.4, -0.2) is 20.7 Å². The zero-order chi connectivity index (χ0) is 22.2. The number of aromatic nitrogens is 3. The van der Waals surface area contributed by atoms with Crippen LogP contribution in [0.2, 0.25) is 5.02 Å². The van der Waals surface area contributed by atoms with Crippen LogP contribution in [0.25, 0.3) is 32.2 Å². The van der Waals surface area contributed by atoms with Crippen molar-refractivity contribution < 1.29 is 4.79 Å². The van der Waals surface area contributed by atoms with Gasteiger partial charge in [-0.15, -0.1) is 11.3 Å². The number of halogens is 1. The van der Waals surface area contributed by atoms with Crippen molar-refractivity contribution in [3.63, 3.8) is 0 Å². The molecular formula is C24H17ClN4O2S. The molecule has 1 N–H and O–H groups in total. The molecule has 0 spiro atoms. The molecule has 0 aliphatic carbocycles. The van der Waals surface area contributed by atoms with Crippen LogP contribution in [0.3, 0.4) is 0 Å². The molecule has 8 heteroatoms. The first-order valence-corrected chi connectivity index (χ1v) is 11.1. The highest BCUT2D eigenvalue weighted by Gasteiger charge is 2.18. The molecule has 0 fully saturated rings. The summed E-state index contributed by atoms with van der Waals surface area (Å²) in [6.45, 7) is 1.61. The van der Waals surface area contributed by atoms with Gasteiger partial charge in [0.25, 0.3) is 5.56 Å². The van der Waals surface area contributed by atoms with Gasteiger partial charge in [0.2, 0.25) is 5.91 Å². The van der Waals surface area contributed by atoms with Gasteiger partial charge < -0.3 is 5.32 Å². The average Bonchev–Trinajstić information content (AvgIpc) is 3.18. The van der Waals surface area contributed by atoms with Crippen molar-refractivity contribution in [2.24, 2.45) is 0 Å². The molecule has 5 aromatic rings. The summed E-state index contributed by atoms with van der Waals surface area (Å²) in [4.78, 5) is 30.3. The molecule has 6 nitrogen and oxygen atoms in total. The minimum atomic E-state index is -0.393. The number of fused-ring (bicyclic) bond motifs is 2. The van der Waals surface area contributed by atoms with Crippen LogP contribution in [-0.2, 0) is 11.3 Å². The van der Waals surface area contributed by atoms with Gasteiger partial charge in [-0.1, -0.05) is 60.1 Å². The van der Waals surface area contributed by atoms with Crippen molar-refractivity contribution in [3.05, 3.63) is 87.1 Å². The zero-order valence-corrected chi connectivity index (χ0v) is 18.6. The molecule has 0 atom stereocenters. The van der Waals surface area contributed by atoms with Crippen molar-refractivity contribution in [2.45, 2.75) is 13.5 Å². The van der Waals surface area contributed by atoms with E-state index < -0.39 is 5.56 Å². The van der Waals surface area contributed by atoms with Crippen LogP contribution in [0, 0.1) is 6.92 Å². The van der Waals surface area contributed by atoms with Crippen molar-refractivity contribution >= 4 is 55.5 Å². The molecule has 0 bridgehead atoms. The van der Waals surface area contributed by atoms with Gasteiger partial charge in [0.15, 0.2) is 5.52 Å². The third-order valence-corrected chi connectivity index (χ3v) is 6.31. The minimum absolute atomic E-state index is 0.227. The van der Waals surface area contributed by atoms with Gasteiger partial charge in [-0.3, -0.25) is 9.59 Å². The first kappa shape index (κ1) is 20.4. The maximum Gasteiger partial charge on any atom is 0.294 e. The summed E-state index contributed by atoms with van der Waals surface area (Å²) in [5.41, 5.74) is 2.00. The lowest BCUT2D eigenvalue weighted by Crippen LogP contribution is -2.30. The largest absolute Gasteiger partial charge is 0.324 e. The highest BCUT2D eigenvalue weighted by atomic mass is 35.5. The van der Waals surface area contributed by atoms with Crippen LogP contribution >= 0.6 is 22.9 Å². The molecule has 158 valence electrons. The number of benzene rings is 3. The predicted octanol–water partition coefficient (Wildman–Crippen LogP) is 5.27. The summed E-state index contributed by atoms with van der Waals surface area (Å²) in [6.07, 6.45) is 0. The summed E-state index contributed by atoms with van der Waals surface area (Å²) < 4.78 is 1.87. The van der Waals surface area contributed by atoms with E-state index in [9.17, 15) is 9.59 Å². The number of hydrogen-bond donors (Lipinski definition) is 1. The van der Waals surface area contributed by atoms with E-state index in [0.717, 1.165) is 21.3 Å². The van der Waals surface area contributed by atoms with Crippen LogP contribution in [0.15, 0.2) is 71.5 Å². The van der Waals surface area contributed by atoms with Gasteiger partial charge in [-0.2, -0.15) is 5.10 Å². The fraction of sp³-hybridized carbons (Fsp3) is 0.0833. The van der Waals surface area contributed by atoms with Gasteiger partial charge in [0, 0.05) is 21.7 Å². The van der Waals surface area contributed by atoms with E-state index in [2.05, 4.69) is 15.4 Å². The van der Waals surface area contributed by atoms with Gasteiger partial charge in [0.1, 0.15) is 12.2 Å². The first-order chi connectivity index (χ1) is 15.5.